The normalized spacial score (nSPS) is 11.1. The molecule has 0 amide bonds. The minimum atomic E-state index is 0. The average molecular weight is 228 g/mol. The van der Waals surface area contributed by atoms with Gasteiger partial charge >= 0.3 is 0 Å². The Morgan fingerprint density at radius 3 is 2.06 bits per heavy atom. The number of aromatic amines is 1. The van der Waals surface area contributed by atoms with Crippen molar-refractivity contribution in [2.45, 2.75) is 14.4 Å². The van der Waals surface area contributed by atoms with E-state index in [1.54, 1.807) is 12.3 Å². The molecule has 2 nitrogen and oxygen atoms in total. The van der Waals surface area contributed by atoms with E-state index in [9.17, 15) is 0 Å². The van der Waals surface area contributed by atoms with Crippen molar-refractivity contribution in [3.63, 3.8) is 0 Å². The van der Waals surface area contributed by atoms with Crippen LogP contribution < -0.4 is 10.6 Å². The SMILES string of the molecule is C.C=C/C=c1/[nH]nc/c1=C/C.c1ccccc1. The van der Waals surface area contributed by atoms with Gasteiger partial charge in [0.25, 0.3) is 0 Å². The molecule has 0 atom stereocenters. The van der Waals surface area contributed by atoms with Gasteiger partial charge in [-0.3, -0.25) is 5.10 Å². The first-order chi connectivity index (χ1) is 7.88. The van der Waals surface area contributed by atoms with E-state index in [-0.39, 0.29) is 7.43 Å². The minimum Gasteiger partial charge on any atom is -0.278 e. The van der Waals surface area contributed by atoms with Crippen LogP contribution in [0.3, 0.4) is 0 Å². The molecule has 0 radical (unpaired) electrons. The highest BCUT2D eigenvalue weighted by molar-refractivity contribution is 5.34. The van der Waals surface area contributed by atoms with Gasteiger partial charge in [0.05, 0.1) is 11.5 Å². The van der Waals surface area contributed by atoms with Crippen LogP contribution in [-0.2, 0) is 0 Å². The highest BCUT2D eigenvalue weighted by atomic mass is 15.1. The second kappa shape index (κ2) is 9.16. The topological polar surface area (TPSA) is 28.7 Å². The summed E-state index contributed by atoms with van der Waals surface area (Å²) in [6, 6.07) is 12.0. The maximum Gasteiger partial charge on any atom is 0.0646 e. The van der Waals surface area contributed by atoms with Gasteiger partial charge in [0, 0.05) is 5.22 Å². The predicted octanol–water partition coefficient (Wildman–Crippen LogP) is 2.50. The second-order valence-electron chi connectivity index (χ2n) is 3.08. The van der Waals surface area contributed by atoms with Crippen LogP contribution in [-0.4, -0.2) is 10.2 Å². The highest BCUT2D eigenvalue weighted by Gasteiger charge is 1.80. The summed E-state index contributed by atoms with van der Waals surface area (Å²) >= 11 is 0. The fraction of sp³-hybridized carbons (Fsp3) is 0.133. The van der Waals surface area contributed by atoms with Crippen LogP contribution in [0.25, 0.3) is 12.2 Å². The molecular formula is C15H20N2. The molecule has 2 rings (SSSR count). The van der Waals surface area contributed by atoms with E-state index in [0.29, 0.717) is 0 Å². The Hall–Kier alpha value is -2.09. The van der Waals surface area contributed by atoms with Crippen molar-refractivity contribution in [1.82, 2.24) is 10.2 Å². The van der Waals surface area contributed by atoms with E-state index in [0.717, 1.165) is 10.6 Å². The van der Waals surface area contributed by atoms with Crippen LogP contribution in [0.1, 0.15) is 14.4 Å². The summed E-state index contributed by atoms with van der Waals surface area (Å²) in [6.45, 7) is 5.57. The van der Waals surface area contributed by atoms with Gasteiger partial charge in [0.1, 0.15) is 0 Å². The molecule has 17 heavy (non-hydrogen) atoms. The zero-order chi connectivity index (χ0) is 11.6. The fourth-order valence-corrected chi connectivity index (χ4v) is 1.17. The smallest absolute Gasteiger partial charge is 0.0646 e. The molecule has 0 fully saturated rings. The zero-order valence-electron chi connectivity index (χ0n) is 9.43. The Morgan fingerprint density at radius 1 is 1.12 bits per heavy atom. The quantitative estimate of drug-likeness (QED) is 0.798. The highest BCUT2D eigenvalue weighted by Crippen LogP contribution is 1.79. The molecule has 1 aromatic carbocycles. The van der Waals surface area contributed by atoms with Crippen molar-refractivity contribution in [2.75, 3.05) is 0 Å². The molecule has 0 spiro atoms. The van der Waals surface area contributed by atoms with Gasteiger partial charge < -0.3 is 0 Å². The van der Waals surface area contributed by atoms with Gasteiger partial charge in [-0.2, -0.15) is 5.10 Å². The molecule has 0 bridgehead atoms. The largest absolute Gasteiger partial charge is 0.278 e. The minimum absolute atomic E-state index is 0. The lowest BCUT2D eigenvalue weighted by atomic mass is 10.4. The number of hydrogen-bond acceptors (Lipinski definition) is 1. The van der Waals surface area contributed by atoms with Crippen molar-refractivity contribution in [1.29, 1.82) is 0 Å². The van der Waals surface area contributed by atoms with Crippen molar-refractivity contribution >= 4 is 12.2 Å². The summed E-state index contributed by atoms with van der Waals surface area (Å²) in [7, 11) is 0. The van der Waals surface area contributed by atoms with Gasteiger partial charge in [0.2, 0.25) is 0 Å². The number of rotatable bonds is 1. The van der Waals surface area contributed by atoms with Gasteiger partial charge in [-0.15, -0.1) is 0 Å². The number of nitrogens with one attached hydrogen (secondary N) is 1. The van der Waals surface area contributed by atoms with Crippen LogP contribution in [0.4, 0.5) is 0 Å². The average Bonchev–Trinajstić information content (AvgIpc) is 2.80. The molecule has 1 heterocycles. The monoisotopic (exact) mass is 228 g/mol. The Kier molecular flexibility index (Phi) is 8.03. The van der Waals surface area contributed by atoms with E-state index in [1.165, 1.54) is 0 Å². The number of allylic oxidation sites excluding steroid dienone is 1. The van der Waals surface area contributed by atoms with E-state index in [2.05, 4.69) is 16.8 Å². The zero-order valence-corrected chi connectivity index (χ0v) is 9.43. The number of aromatic nitrogens is 2. The van der Waals surface area contributed by atoms with Crippen LogP contribution in [0.2, 0.25) is 0 Å². The molecule has 2 aromatic rings. The van der Waals surface area contributed by atoms with Gasteiger partial charge in [0.15, 0.2) is 0 Å². The van der Waals surface area contributed by atoms with Crippen LogP contribution >= 0.6 is 0 Å². The van der Waals surface area contributed by atoms with E-state index in [4.69, 9.17) is 0 Å². The molecular weight excluding hydrogens is 208 g/mol. The van der Waals surface area contributed by atoms with Gasteiger partial charge in [-0.05, 0) is 13.0 Å². The van der Waals surface area contributed by atoms with Crippen LogP contribution in [0.5, 0.6) is 0 Å². The van der Waals surface area contributed by atoms with E-state index < -0.39 is 0 Å². The number of H-pyrrole nitrogens is 1. The van der Waals surface area contributed by atoms with Crippen LogP contribution in [0.15, 0.2) is 55.3 Å². The summed E-state index contributed by atoms with van der Waals surface area (Å²) in [5.74, 6) is 0. The summed E-state index contributed by atoms with van der Waals surface area (Å²) in [4.78, 5) is 0. The molecule has 0 aliphatic heterocycles. The lowest BCUT2D eigenvalue weighted by Gasteiger charge is -1.72. The Morgan fingerprint density at radius 2 is 1.65 bits per heavy atom. The fourth-order valence-electron chi connectivity index (χ4n) is 1.17. The number of hydrogen-bond donors (Lipinski definition) is 1. The molecule has 0 saturated heterocycles. The summed E-state index contributed by atoms with van der Waals surface area (Å²) in [6.07, 6.45) is 7.41. The molecule has 1 aromatic heterocycles. The molecule has 90 valence electrons. The second-order valence-corrected chi connectivity index (χ2v) is 3.08. The van der Waals surface area contributed by atoms with Gasteiger partial charge in [-0.1, -0.05) is 62.6 Å². The van der Waals surface area contributed by atoms with Crippen LogP contribution in [0, 0.1) is 0 Å². The lowest BCUT2D eigenvalue weighted by Crippen LogP contribution is -2.20. The molecule has 0 aliphatic carbocycles. The Bertz CT molecular complexity index is 483. The molecule has 2 heteroatoms. The third-order valence-corrected chi connectivity index (χ3v) is 1.96. The summed E-state index contributed by atoms with van der Waals surface area (Å²) in [5.41, 5.74) is 0. The van der Waals surface area contributed by atoms with Crippen molar-refractivity contribution in [3.8, 4) is 0 Å². The Labute approximate surface area is 103 Å². The predicted molar refractivity (Wildman–Crippen MR) is 75.8 cm³/mol. The Balaban J connectivity index is 0.000000316. The van der Waals surface area contributed by atoms with Crippen molar-refractivity contribution in [2.24, 2.45) is 0 Å². The van der Waals surface area contributed by atoms with E-state index in [1.807, 2.05) is 55.5 Å². The molecule has 1 N–H and O–H groups in total. The summed E-state index contributed by atoms with van der Waals surface area (Å²) in [5, 5.41) is 8.85. The van der Waals surface area contributed by atoms with Crippen molar-refractivity contribution in [3.05, 3.63) is 65.8 Å². The summed E-state index contributed by atoms with van der Waals surface area (Å²) < 4.78 is 0. The van der Waals surface area contributed by atoms with E-state index >= 15 is 0 Å². The third kappa shape index (κ3) is 5.52. The van der Waals surface area contributed by atoms with Crippen molar-refractivity contribution < 1.29 is 0 Å². The van der Waals surface area contributed by atoms with Gasteiger partial charge in [-0.25, -0.2) is 0 Å². The lowest BCUT2D eigenvalue weighted by molar-refractivity contribution is 1.06. The first-order valence-corrected chi connectivity index (χ1v) is 5.17. The number of benzene rings is 1. The first-order valence-electron chi connectivity index (χ1n) is 5.17. The number of nitrogens with zero attached hydrogens (tertiary/aromatic N) is 1. The molecule has 0 saturated carbocycles. The maximum absolute atomic E-state index is 3.88. The molecule has 0 unspecified atom stereocenters. The third-order valence-electron chi connectivity index (χ3n) is 1.96. The maximum atomic E-state index is 3.88. The molecule has 0 aliphatic rings. The standard InChI is InChI=1S/C8H10N2.C6H6.CH4/c1-3-5-8-7(4-2)6-9-10-8;1-2-4-6-5-3-1;/h3-6,10H,1H2,2H3;1-6H;1H4/b7-4-,8-5+;;. The first kappa shape index (κ1) is 14.9.